The number of aryl methyl sites for hydroxylation is 1. The van der Waals surface area contributed by atoms with Crippen LogP contribution in [0.2, 0.25) is 0 Å². The molecule has 152 valence electrons. The summed E-state index contributed by atoms with van der Waals surface area (Å²) in [4.78, 5) is 12.1. The van der Waals surface area contributed by atoms with Crippen molar-refractivity contribution in [1.29, 1.82) is 5.26 Å². The molecule has 0 fully saturated rings. The molecule has 2 heterocycles. The molecule has 4 aromatic rings. The summed E-state index contributed by atoms with van der Waals surface area (Å²) in [5, 5.41) is 17.7. The van der Waals surface area contributed by atoms with Crippen LogP contribution in [-0.4, -0.2) is 14.8 Å². The summed E-state index contributed by atoms with van der Waals surface area (Å²) >= 11 is 0. The van der Waals surface area contributed by atoms with Crippen molar-refractivity contribution in [2.24, 2.45) is 0 Å². The van der Waals surface area contributed by atoms with Crippen molar-refractivity contribution in [3.8, 4) is 28.8 Å². The number of nitriles is 1. The van der Waals surface area contributed by atoms with Crippen LogP contribution in [0.1, 0.15) is 23.7 Å². The SMILES string of the molecule is CCc1ccc(-c2ccc(Oc3cc(C#N)ccc3Cn3ccccc3=O)cc2)nn1. The second kappa shape index (κ2) is 9.06. The van der Waals surface area contributed by atoms with Crippen molar-refractivity contribution >= 4 is 0 Å². The third-order valence-corrected chi connectivity index (χ3v) is 4.90. The normalized spacial score (nSPS) is 10.5. The first-order valence-electron chi connectivity index (χ1n) is 9.95. The lowest BCUT2D eigenvalue weighted by Crippen LogP contribution is -2.18. The van der Waals surface area contributed by atoms with Gasteiger partial charge in [0.05, 0.1) is 29.6 Å². The minimum atomic E-state index is -0.0997. The van der Waals surface area contributed by atoms with Gasteiger partial charge in [0.25, 0.3) is 5.56 Å². The quantitative estimate of drug-likeness (QED) is 0.466. The summed E-state index contributed by atoms with van der Waals surface area (Å²) in [5.74, 6) is 1.16. The van der Waals surface area contributed by atoms with Crippen LogP contribution >= 0.6 is 0 Å². The summed E-state index contributed by atoms with van der Waals surface area (Å²) in [6.45, 7) is 2.39. The van der Waals surface area contributed by atoms with E-state index in [-0.39, 0.29) is 5.56 Å². The molecular weight excluding hydrogens is 388 g/mol. The summed E-state index contributed by atoms with van der Waals surface area (Å²) < 4.78 is 7.68. The van der Waals surface area contributed by atoms with E-state index in [1.807, 2.05) is 49.4 Å². The van der Waals surface area contributed by atoms with Gasteiger partial charge in [-0.25, -0.2) is 0 Å². The van der Waals surface area contributed by atoms with Crippen molar-refractivity contribution in [2.45, 2.75) is 19.9 Å². The maximum Gasteiger partial charge on any atom is 0.250 e. The molecule has 0 atom stereocenters. The largest absolute Gasteiger partial charge is 0.457 e. The molecule has 0 aliphatic carbocycles. The molecule has 0 spiro atoms. The fourth-order valence-corrected chi connectivity index (χ4v) is 3.15. The predicted molar refractivity (Wildman–Crippen MR) is 118 cm³/mol. The number of aromatic nitrogens is 3. The smallest absolute Gasteiger partial charge is 0.250 e. The lowest BCUT2D eigenvalue weighted by Gasteiger charge is -2.13. The van der Waals surface area contributed by atoms with Gasteiger partial charge in [0.15, 0.2) is 0 Å². The molecule has 0 radical (unpaired) electrons. The molecule has 2 aromatic heterocycles. The van der Waals surface area contributed by atoms with Crippen LogP contribution in [0.4, 0.5) is 0 Å². The van der Waals surface area contributed by atoms with Gasteiger partial charge < -0.3 is 9.30 Å². The van der Waals surface area contributed by atoms with E-state index in [1.165, 1.54) is 6.07 Å². The minimum Gasteiger partial charge on any atom is -0.457 e. The summed E-state index contributed by atoms with van der Waals surface area (Å²) in [6, 6.07) is 23.8. The predicted octanol–water partition coefficient (Wildman–Crippen LogP) is 4.58. The van der Waals surface area contributed by atoms with Gasteiger partial charge in [-0.2, -0.15) is 15.5 Å². The monoisotopic (exact) mass is 408 g/mol. The van der Waals surface area contributed by atoms with Gasteiger partial charge in [0.2, 0.25) is 0 Å². The molecule has 0 saturated heterocycles. The number of benzene rings is 2. The number of ether oxygens (including phenoxy) is 1. The Morgan fingerprint density at radius 1 is 1.00 bits per heavy atom. The number of nitrogens with zero attached hydrogens (tertiary/aromatic N) is 4. The van der Waals surface area contributed by atoms with Crippen molar-refractivity contribution in [2.75, 3.05) is 0 Å². The lowest BCUT2D eigenvalue weighted by atomic mass is 10.1. The van der Waals surface area contributed by atoms with Crippen molar-refractivity contribution in [3.63, 3.8) is 0 Å². The van der Waals surface area contributed by atoms with Crippen molar-refractivity contribution in [3.05, 3.63) is 106 Å². The average Bonchev–Trinajstić information content (AvgIpc) is 2.82. The Hall–Kier alpha value is -4.24. The number of hydrogen-bond acceptors (Lipinski definition) is 5. The van der Waals surface area contributed by atoms with E-state index in [0.717, 1.165) is 28.9 Å². The van der Waals surface area contributed by atoms with E-state index < -0.39 is 0 Å². The van der Waals surface area contributed by atoms with E-state index in [1.54, 1.807) is 35.0 Å². The van der Waals surface area contributed by atoms with E-state index in [9.17, 15) is 10.1 Å². The Balaban J connectivity index is 1.60. The molecule has 6 nitrogen and oxygen atoms in total. The zero-order valence-electron chi connectivity index (χ0n) is 17.0. The van der Waals surface area contributed by atoms with Gasteiger partial charge in [0, 0.05) is 23.4 Å². The van der Waals surface area contributed by atoms with Gasteiger partial charge in [0.1, 0.15) is 11.5 Å². The second-order valence-electron chi connectivity index (χ2n) is 6.99. The van der Waals surface area contributed by atoms with Crippen LogP contribution < -0.4 is 10.3 Å². The highest BCUT2D eigenvalue weighted by molar-refractivity contribution is 5.59. The number of pyridine rings is 1. The molecule has 0 aliphatic rings. The summed E-state index contributed by atoms with van der Waals surface area (Å²) in [5.41, 5.74) is 3.87. The van der Waals surface area contributed by atoms with Gasteiger partial charge in [-0.15, -0.1) is 0 Å². The topological polar surface area (TPSA) is 80.8 Å². The number of hydrogen-bond donors (Lipinski definition) is 0. The zero-order valence-corrected chi connectivity index (χ0v) is 17.0. The van der Waals surface area contributed by atoms with E-state index >= 15 is 0 Å². The molecular formula is C25H20N4O2. The first-order valence-corrected chi connectivity index (χ1v) is 9.95. The zero-order chi connectivity index (χ0) is 21.6. The van der Waals surface area contributed by atoms with Crippen molar-refractivity contribution in [1.82, 2.24) is 14.8 Å². The third-order valence-electron chi connectivity index (χ3n) is 4.90. The molecule has 6 heteroatoms. The van der Waals surface area contributed by atoms with Gasteiger partial charge in [-0.3, -0.25) is 4.79 Å². The van der Waals surface area contributed by atoms with Gasteiger partial charge >= 0.3 is 0 Å². The van der Waals surface area contributed by atoms with Crippen LogP contribution in [0.15, 0.2) is 83.8 Å². The minimum absolute atomic E-state index is 0.0997. The maximum absolute atomic E-state index is 12.1. The molecule has 31 heavy (non-hydrogen) atoms. The van der Waals surface area contributed by atoms with Crippen LogP contribution in [0.25, 0.3) is 11.3 Å². The fraction of sp³-hybridized carbons (Fsp3) is 0.120. The van der Waals surface area contributed by atoms with E-state index in [2.05, 4.69) is 16.3 Å². The Morgan fingerprint density at radius 2 is 1.84 bits per heavy atom. The fourth-order valence-electron chi connectivity index (χ4n) is 3.15. The first kappa shape index (κ1) is 20.0. The average molecular weight is 408 g/mol. The van der Waals surface area contributed by atoms with Crippen LogP contribution in [-0.2, 0) is 13.0 Å². The molecule has 0 aliphatic heterocycles. The molecule has 0 N–H and O–H groups in total. The summed E-state index contributed by atoms with van der Waals surface area (Å²) in [7, 11) is 0. The highest BCUT2D eigenvalue weighted by Gasteiger charge is 2.09. The first-order chi connectivity index (χ1) is 15.2. The van der Waals surface area contributed by atoms with Gasteiger partial charge in [-0.05, 0) is 61.0 Å². The molecule has 0 amide bonds. The Kier molecular flexibility index (Phi) is 5.86. The third kappa shape index (κ3) is 4.68. The summed E-state index contributed by atoms with van der Waals surface area (Å²) in [6.07, 6.45) is 2.57. The molecule has 0 bridgehead atoms. The Morgan fingerprint density at radius 3 is 2.52 bits per heavy atom. The molecule has 0 saturated carbocycles. The maximum atomic E-state index is 12.1. The second-order valence-corrected chi connectivity index (χ2v) is 6.99. The van der Waals surface area contributed by atoms with E-state index in [0.29, 0.717) is 23.6 Å². The van der Waals surface area contributed by atoms with Gasteiger partial charge in [-0.1, -0.05) is 19.1 Å². The standard InChI is InChI=1S/C25H20N4O2/c1-2-21-10-13-23(28-27-21)19-8-11-22(12-9-19)31-24-15-18(16-26)6-7-20(24)17-29-14-4-3-5-25(29)30/h3-15H,2,17H2,1H3. The molecule has 2 aromatic carbocycles. The Labute approximate surface area is 180 Å². The molecule has 0 unspecified atom stereocenters. The van der Waals surface area contributed by atoms with Crippen molar-refractivity contribution < 1.29 is 4.74 Å². The van der Waals surface area contributed by atoms with Crippen LogP contribution in [0.5, 0.6) is 11.5 Å². The van der Waals surface area contributed by atoms with Crippen LogP contribution in [0, 0.1) is 11.3 Å². The van der Waals surface area contributed by atoms with Crippen LogP contribution in [0.3, 0.4) is 0 Å². The highest BCUT2D eigenvalue weighted by atomic mass is 16.5. The Bertz CT molecular complexity index is 1290. The highest BCUT2D eigenvalue weighted by Crippen LogP contribution is 2.29. The lowest BCUT2D eigenvalue weighted by molar-refractivity contribution is 0.473. The number of rotatable bonds is 6. The molecule has 4 rings (SSSR count). The van der Waals surface area contributed by atoms with E-state index in [4.69, 9.17) is 4.74 Å².